The zero-order chi connectivity index (χ0) is 17.6. The van der Waals surface area contributed by atoms with E-state index in [1.54, 1.807) is 0 Å². The van der Waals surface area contributed by atoms with Crippen molar-refractivity contribution in [2.24, 2.45) is 7.05 Å². The molecule has 0 unspecified atom stereocenters. The SMILES string of the molecule is CN1CCN(CCCNC(=O)c2ccc(-c3ccccc3)n2C)CC1. The van der Waals surface area contributed by atoms with E-state index < -0.39 is 0 Å². The van der Waals surface area contributed by atoms with Crippen LogP contribution in [0.5, 0.6) is 0 Å². The Morgan fingerprint density at radius 2 is 1.72 bits per heavy atom. The minimum absolute atomic E-state index is 0.00283. The number of hydrogen-bond acceptors (Lipinski definition) is 3. The van der Waals surface area contributed by atoms with Crippen molar-refractivity contribution in [3.05, 3.63) is 48.2 Å². The standard InChI is InChI=1S/C20H28N4O/c1-22-13-15-24(16-14-22)12-6-11-21-20(25)19-10-9-18(23(19)2)17-7-4-3-5-8-17/h3-5,7-10H,6,11-16H2,1-2H3,(H,21,25). The molecule has 1 aromatic carbocycles. The molecule has 1 aromatic heterocycles. The van der Waals surface area contributed by atoms with Gasteiger partial charge in [0.2, 0.25) is 0 Å². The molecular formula is C20H28N4O. The Morgan fingerprint density at radius 3 is 2.44 bits per heavy atom. The van der Waals surface area contributed by atoms with Crippen LogP contribution in [0.4, 0.5) is 0 Å². The first-order valence-corrected chi connectivity index (χ1v) is 9.05. The summed E-state index contributed by atoms with van der Waals surface area (Å²) in [4.78, 5) is 17.3. The van der Waals surface area contributed by atoms with Crippen LogP contribution in [0.1, 0.15) is 16.9 Å². The van der Waals surface area contributed by atoms with Crippen molar-refractivity contribution >= 4 is 5.91 Å². The van der Waals surface area contributed by atoms with Gasteiger partial charge >= 0.3 is 0 Å². The molecule has 1 saturated heterocycles. The third kappa shape index (κ3) is 4.50. The Bertz CT molecular complexity index is 687. The maximum Gasteiger partial charge on any atom is 0.267 e. The number of aromatic nitrogens is 1. The van der Waals surface area contributed by atoms with E-state index in [2.05, 4.69) is 34.3 Å². The van der Waals surface area contributed by atoms with Gasteiger partial charge in [-0.2, -0.15) is 0 Å². The summed E-state index contributed by atoms with van der Waals surface area (Å²) in [6, 6.07) is 14.1. The lowest BCUT2D eigenvalue weighted by molar-refractivity contribution is 0.0941. The molecule has 0 radical (unpaired) electrons. The molecule has 0 saturated carbocycles. The van der Waals surface area contributed by atoms with E-state index in [-0.39, 0.29) is 5.91 Å². The highest BCUT2D eigenvalue weighted by molar-refractivity contribution is 5.93. The summed E-state index contributed by atoms with van der Waals surface area (Å²) < 4.78 is 1.96. The summed E-state index contributed by atoms with van der Waals surface area (Å²) in [7, 11) is 4.11. The molecule has 0 spiro atoms. The maximum atomic E-state index is 12.5. The highest BCUT2D eigenvalue weighted by Crippen LogP contribution is 2.21. The number of hydrogen-bond donors (Lipinski definition) is 1. The Hall–Kier alpha value is -2.11. The highest BCUT2D eigenvalue weighted by Gasteiger charge is 2.15. The molecule has 0 aliphatic carbocycles. The zero-order valence-electron chi connectivity index (χ0n) is 15.2. The van der Waals surface area contributed by atoms with Crippen LogP contribution in [0.2, 0.25) is 0 Å². The largest absolute Gasteiger partial charge is 0.351 e. The van der Waals surface area contributed by atoms with Gasteiger partial charge in [-0.15, -0.1) is 0 Å². The average molecular weight is 340 g/mol. The Labute approximate surface area is 150 Å². The number of rotatable bonds is 6. The lowest BCUT2D eigenvalue weighted by Gasteiger charge is -2.32. The summed E-state index contributed by atoms with van der Waals surface area (Å²) in [5, 5.41) is 3.06. The van der Waals surface area contributed by atoms with Crippen molar-refractivity contribution in [2.75, 3.05) is 46.3 Å². The molecule has 2 heterocycles. The van der Waals surface area contributed by atoms with Crippen molar-refractivity contribution in [1.29, 1.82) is 0 Å². The molecule has 1 amide bonds. The van der Waals surface area contributed by atoms with E-state index in [1.165, 1.54) is 0 Å². The highest BCUT2D eigenvalue weighted by atomic mass is 16.1. The van der Waals surface area contributed by atoms with Gasteiger partial charge in [-0.25, -0.2) is 0 Å². The second kappa shape index (κ2) is 8.32. The third-order valence-electron chi connectivity index (χ3n) is 4.96. The fraction of sp³-hybridized carbons (Fsp3) is 0.450. The van der Waals surface area contributed by atoms with Gasteiger partial charge in [0.25, 0.3) is 5.91 Å². The number of amides is 1. The first-order valence-electron chi connectivity index (χ1n) is 9.05. The lowest BCUT2D eigenvalue weighted by atomic mass is 10.2. The van der Waals surface area contributed by atoms with Crippen molar-refractivity contribution in [3.8, 4) is 11.3 Å². The van der Waals surface area contributed by atoms with E-state index in [9.17, 15) is 4.79 Å². The Balaban J connectivity index is 1.48. The van der Waals surface area contributed by atoms with Gasteiger partial charge in [0.15, 0.2) is 0 Å². The number of piperazine rings is 1. The van der Waals surface area contributed by atoms with Crippen LogP contribution < -0.4 is 5.32 Å². The number of benzene rings is 1. The Morgan fingerprint density at radius 1 is 1.00 bits per heavy atom. The molecule has 5 heteroatoms. The zero-order valence-corrected chi connectivity index (χ0v) is 15.2. The summed E-state index contributed by atoms with van der Waals surface area (Å²) in [5.74, 6) is 0.00283. The van der Waals surface area contributed by atoms with Gasteiger partial charge < -0.3 is 19.7 Å². The van der Waals surface area contributed by atoms with E-state index in [4.69, 9.17) is 0 Å². The second-order valence-corrected chi connectivity index (χ2v) is 6.78. The molecule has 2 aromatic rings. The van der Waals surface area contributed by atoms with Crippen LogP contribution in [0.3, 0.4) is 0 Å². The average Bonchev–Trinajstić information content (AvgIpc) is 3.02. The van der Waals surface area contributed by atoms with Gasteiger partial charge in [0, 0.05) is 45.5 Å². The smallest absolute Gasteiger partial charge is 0.267 e. The Kier molecular flexibility index (Phi) is 5.89. The molecule has 5 nitrogen and oxygen atoms in total. The molecule has 0 bridgehead atoms. The van der Waals surface area contributed by atoms with Gasteiger partial charge in [-0.05, 0) is 37.7 Å². The predicted octanol–water partition coefficient (Wildman–Crippen LogP) is 2.06. The van der Waals surface area contributed by atoms with Gasteiger partial charge in [-0.1, -0.05) is 30.3 Å². The van der Waals surface area contributed by atoms with Gasteiger partial charge in [-0.3, -0.25) is 4.79 Å². The first kappa shape index (κ1) is 17.7. The van der Waals surface area contributed by atoms with Crippen molar-refractivity contribution in [3.63, 3.8) is 0 Å². The topological polar surface area (TPSA) is 40.5 Å². The summed E-state index contributed by atoms with van der Waals surface area (Å²) in [6.07, 6.45) is 0.991. The van der Waals surface area contributed by atoms with Crippen molar-refractivity contribution in [1.82, 2.24) is 19.7 Å². The van der Waals surface area contributed by atoms with E-state index >= 15 is 0 Å². The van der Waals surface area contributed by atoms with Gasteiger partial charge in [0.05, 0.1) is 0 Å². The lowest BCUT2D eigenvalue weighted by Crippen LogP contribution is -2.45. The molecule has 25 heavy (non-hydrogen) atoms. The summed E-state index contributed by atoms with van der Waals surface area (Å²) >= 11 is 0. The molecular weight excluding hydrogens is 312 g/mol. The molecule has 1 aliphatic rings. The fourth-order valence-electron chi connectivity index (χ4n) is 3.30. The molecule has 1 N–H and O–H groups in total. The van der Waals surface area contributed by atoms with Crippen LogP contribution in [-0.4, -0.2) is 66.6 Å². The number of carbonyl (C=O) groups is 1. The fourth-order valence-corrected chi connectivity index (χ4v) is 3.30. The molecule has 1 fully saturated rings. The third-order valence-corrected chi connectivity index (χ3v) is 4.96. The van der Waals surface area contributed by atoms with Crippen LogP contribution in [0.25, 0.3) is 11.3 Å². The molecule has 134 valence electrons. The van der Waals surface area contributed by atoms with Crippen LogP contribution >= 0.6 is 0 Å². The number of nitrogens with one attached hydrogen (secondary N) is 1. The van der Waals surface area contributed by atoms with Crippen molar-refractivity contribution < 1.29 is 4.79 Å². The molecule has 0 atom stereocenters. The first-order chi connectivity index (χ1) is 12.1. The molecule has 3 rings (SSSR count). The minimum atomic E-state index is 0.00283. The number of likely N-dealkylation sites (N-methyl/N-ethyl adjacent to an activating group) is 1. The maximum absolute atomic E-state index is 12.5. The van der Waals surface area contributed by atoms with Crippen LogP contribution in [0, 0.1) is 0 Å². The quantitative estimate of drug-likeness (QED) is 0.819. The monoisotopic (exact) mass is 340 g/mol. The summed E-state index contributed by atoms with van der Waals surface area (Å²) in [5.41, 5.74) is 2.89. The number of nitrogens with zero attached hydrogens (tertiary/aromatic N) is 3. The van der Waals surface area contributed by atoms with E-state index in [0.29, 0.717) is 5.69 Å². The van der Waals surface area contributed by atoms with Crippen LogP contribution in [-0.2, 0) is 7.05 Å². The molecule has 1 aliphatic heterocycles. The van der Waals surface area contributed by atoms with Crippen LogP contribution in [0.15, 0.2) is 42.5 Å². The van der Waals surface area contributed by atoms with E-state index in [1.807, 2.05) is 41.9 Å². The van der Waals surface area contributed by atoms with Gasteiger partial charge in [0.1, 0.15) is 5.69 Å². The van der Waals surface area contributed by atoms with E-state index in [0.717, 1.165) is 56.9 Å². The van der Waals surface area contributed by atoms with Crippen molar-refractivity contribution in [2.45, 2.75) is 6.42 Å². The number of carbonyl (C=O) groups excluding carboxylic acids is 1. The second-order valence-electron chi connectivity index (χ2n) is 6.78. The minimum Gasteiger partial charge on any atom is -0.351 e. The normalized spacial score (nSPS) is 16.1. The summed E-state index contributed by atoms with van der Waals surface area (Å²) in [6.45, 7) is 6.30. The predicted molar refractivity (Wildman–Crippen MR) is 102 cm³/mol.